The van der Waals surface area contributed by atoms with Gasteiger partial charge in [-0.2, -0.15) is 0 Å². The minimum Gasteiger partial charge on any atom is -0.377 e. The van der Waals surface area contributed by atoms with E-state index in [1.54, 1.807) is 4.90 Å². The Hall–Kier alpha value is -2.48. The fraction of sp³-hybridized carbons (Fsp3) is 0.636. The van der Waals surface area contributed by atoms with Gasteiger partial charge in [-0.15, -0.1) is 0 Å². The third-order valence-corrected chi connectivity index (χ3v) is 4.73. The zero-order chi connectivity index (χ0) is 22.3. The van der Waals surface area contributed by atoms with E-state index in [1.807, 2.05) is 64.9 Å². The number of nitrogens with zero attached hydrogens (tertiary/aromatic N) is 2. The van der Waals surface area contributed by atoms with Gasteiger partial charge < -0.3 is 30.5 Å². The summed E-state index contributed by atoms with van der Waals surface area (Å²) in [5.41, 5.74) is 2.31. The Morgan fingerprint density at radius 1 is 1.23 bits per heavy atom. The number of hydrogen-bond donors (Lipinski definition) is 3. The zero-order valence-electron chi connectivity index (χ0n) is 19.2. The molecule has 0 spiro atoms. The highest BCUT2D eigenvalue weighted by atomic mass is 16.5. The van der Waals surface area contributed by atoms with Gasteiger partial charge in [-0.1, -0.05) is 0 Å². The number of amides is 4. The molecule has 1 aliphatic heterocycles. The van der Waals surface area contributed by atoms with E-state index in [9.17, 15) is 9.59 Å². The number of carbonyl (C=O) groups excluding carboxylic acids is 2. The van der Waals surface area contributed by atoms with Crippen LogP contribution in [0.2, 0.25) is 0 Å². The molecule has 0 unspecified atom stereocenters. The lowest BCUT2D eigenvalue weighted by Gasteiger charge is -2.31. The van der Waals surface area contributed by atoms with Gasteiger partial charge in [-0.05, 0) is 64.3 Å². The number of carbonyl (C=O) groups is 2. The van der Waals surface area contributed by atoms with Crippen LogP contribution in [0.25, 0.3) is 0 Å². The largest absolute Gasteiger partial charge is 0.377 e. The van der Waals surface area contributed by atoms with Crippen LogP contribution < -0.4 is 20.9 Å². The van der Waals surface area contributed by atoms with Gasteiger partial charge in [0.2, 0.25) is 0 Å². The maximum atomic E-state index is 13.0. The summed E-state index contributed by atoms with van der Waals surface area (Å²) in [4.78, 5) is 28.8. The summed E-state index contributed by atoms with van der Waals surface area (Å²) in [6.07, 6.45) is 2.03. The minimum absolute atomic E-state index is 0.0511. The van der Waals surface area contributed by atoms with E-state index < -0.39 is 0 Å². The second kappa shape index (κ2) is 10.5. The molecule has 1 aromatic carbocycles. The van der Waals surface area contributed by atoms with E-state index in [-0.39, 0.29) is 23.7 Å². The van der Waals surface area contributed by atoms with Gasteiger partial charge in [0.15, 0.2) is 0 Å². The molecule has 1 saturated heterocycles. The molecule has 0 aromatic heterocycles. The predicted octanol–water partition coefficient (Wildman–Crippen LogP) is 3.38. The van der Waals surface area contributed by atoms with E-state index in [2.05, 4.69) is 16.0 Å². The smallest absolute Gasteiger partial charge is 0.319 e. The van der Waals surface area contributed by atoms with Crippen molar-refractivity contribution in [2.24, 2.45) is 0 Å². The van der Waals surface area contributed by atoms with Crippen LogP contribution in [0.3, 0.4) is 0 Å². The van der Waals surface area contributed by atoms with Gasteiger partial charge in [0, 0.05) is 57.3 Å². The molecule has 8 heteroatoms. The molecule has 1 heterocycles. The number of benzene rings is 1. The average Bonchev–Trinajstić information content (AvgIpc) is 3.13. The molecule has 1 aromatic rings. The van der Waals surface area contributed by atoms with Crippen LogP contribution in [0, 0.1) is 0 Å². The normalized spacial score (nSPS) is 16.1. The Morgan fingerprint density at radius 3 is 2.53 bits per heavy atom. The first-order chi connectivity index (χ1) is 14.1. The maximum Gasteiger partial charge on any atom is 0.319 e. The lowest BCUT2D eigenvalue weighted by Crippen LogP contribution is -2.50. The lowest BCUT2D eigenvalue weighted by molar-refractivity contribution is 0.0782. The molecule has 0 aliphatic carbocycles. The van der Waals surface area contributed by atoms with Crippen LogP contribution in [-0.4, -0.2) is 62.4 Å². The van der Waals surface area contributed by atoms with Gasteiger partial charge in [-0.3, -0.25) is 0 Å². The van der Waals surface area contributed by atoms with Crippen LogP contribution in [0.4, 0.5) is 21.0 Å². The van der Waals surface area contributed by atoms with Crippen molar-refractivity contribution in [1.82, 2.24) is 15.5 Å². The van der Waals surface area contributed by atoms with Crippen molar-refractivity contribution in [3.63, 3.8) is 0 Å². The molecule has 0 bridgehead atoms. The van der Waals surface area contributed by atoms with Crippen LogP contribution in [-0.2, 0) is 11.3 Å². The Morgan fingerprint density at radius 2 is 1.97 bits per heavy atom. The molecule has 1 aliphatic rings. The van der Waals surface area contributed by atoms with Crippen molar-refractivity contribution in [2.75, 3.05) is 44.0 Å². The van der Waals surface area contributed by atoms with E-state index in [0.717, 1.165) is 30.7 Å². The molecular weight excluding hydrogens is 382 g/mol. The number of rotatable bonds is 7. The summed E-state index contributed by atoms with van der Waals surface area (Å²) in [6, 6.07) is 5.39. The van der Waals surface area contributed by atoms with Crippen molar-refractivity contribution in [3.05, 3.63) is 23.8 Å². The number of urea groups is 2. The molecule has 0 saturated carbocycles. The quantitative estimate of drug-likeness (QED) is 0.632. The fourth-order valence-electron chi connectivity index (χ4n) is 3.42. The summed E-state index contributed by atoms with van der Waals surface area (Å²) in [6.45, 7) is 10.0. The van der Waals surface area contributed by atoms with Gasteiger partial charge in [0.1, 0.15) is 0 Å². The molecule has 3 N–H and O–H groups in total. The third-order valence-electron chi connectivity index (χ3n) is 4.73. The standard InChI is InChI=1S/C22H37N5O3/c1-7-23-20(28)24-17-10-11-19(26(5)6)16(13-17)14-27(15-18-9-8-12-30-18)21(29)25-22(2,3)4/h10-11,13,18H,7-9,12,14-15H2,1-6H3,(H,25,29)(H2,23,24,28)/t18-/m1/s1. The molecule has 30 heavy (non-hydrogen) atoms. The van der Waals surface area contributed by atoms with Crippen molar-refractivity contribution in [3.8, 4) is 0 Å². The first-order valence-corrected chi connectivity index (χ1v) is 10.6. The van der Waals surface area contributed by atoms with E-state index >= 15 is 0 Å². The van der Waals surface area contributed by atoms with Crippen molar-refractivity contribution >= 4 is 23.4 Å². The summed E-state index contributed by atoms with van der Waals surface area (Å²) in [5.74, 6) is 0. The maximum absolute atomic E-state index is 13.0. The second-order valence-electron chi connectivity index (χ2n) is 8.92. The van der Waals surface area contributed by atoms with Gasteiger partial charge in [0.05, 0.1) is 6.10 Å². The van der Waals surface area contributed by atoms with Crippen molar-refractivity contribution < 1.29 is 14.3 Å². The fourth-order valence-corrected chi connectivity index (χ4v) is 3.42. The second-order valence-corrected chi connectivity index (χ2v) is 8.92. The summed E-state index contributed by atoms with van der Waals surface area (Å²) >= 11 is 0. The van der Waals surface area contributed by atoms with Crippen LogP contribution in [0.15, 0.2) is 18.2 Å². The lowest BCUT2D eigenvalue weighted by atomic mass is 10.1. The summed E-state index contributed by atoms with van der Waals surface area (Å²) < 4.78 is 5.79. The minimum atomic E-state index is -0.335. The highest BCUT2D eigenvalue weighted by Crippen LogP contribution is 2.25. The van der Waals surface area contributed by atoms with Crippen molar-refractivity contribution in [1.29, 1.82) is 0 Å². The number of hydrogen-bond acceptors (Lipinski definition) is 4. The summed E-state index contributed by atoms with van der Waals surface area (Å²) in [5, 5.41) is 8.65. The molecule has 0 radical (unpaired) electrons. The van der Waals surface area contributed by atoms with Gasteiger partial charge >= 0.3 is 12.1 Å². The number of nitrogens with one attached hydrogen (secondary N) is 3. The van der Waals surface area contributed by atoms with Crippen LogP contribution in [0.1, 0.15) is 46.1 Å². The van der Waals surface area contributed by atoms with E-state index in [0.29, 0.717) is 25.3 Å². The molecule has 4 amide bonds. The molecular formula is C22H37N5O3. The first kappa shape index (κ1) is 23.8. The molecule has 2 rings (SSSR count). The zero-order valence-corrected chi connectivity index (χ0v) is 19.2. The average molecular weight is 420 g/mol. The van der Waals surface area contributed by atoms with Gasteiger partial charge in [0.25, 0.3) is 0 Å². The topological polar surface area (TPSA) is 85.9 Å². The number of anilines is 2. The highest BCUT2D eigenvalue weighted by Gasteiger charge is 2.26. The Labute approximate surface area is 180 Å². The van der Waals surface area contributed by atoms with Crippen LogP contribution in [0.5, 0.6) is 0 Å². The molecule has 168 valence electrons. The monoisotopic (exact) mass is 419 g/mol. The molecule has 1 fully saturated rings. The Bertz CT molecular complexity index is 724. The SMILES string of the molecule is CCNC(=O)Nc1ccc(N(C)C)c(CN(C[C@H]2CCCO2)C(=O)NC(C)(C)C)c1. The third kappa shape index (κ3) is 7.40. The molecule has 8 nitrogen and oxygen atoms in total. The van der Waals surface area contributed by atoms with Crippen molar-refractivity contribution in [2.45, 2.75) is 58.7 Å². The highest BCUT2D eigenvalue weighted by molar-refractivity contribution is 5.89. The Kier molecular flexibility index (Phi) is 8.34. The Balaban J connectivity index is 2.27. The first-order valence-electron chi connectivity index (χ1n) is 10.6. The van der Waals surface area contributed by atoms with Gasteiger partial charge in [-0.25, -0.2) is 9.59 Å². The molecule has 1 atom stereocenters. The number of ether oxygens (including phenoxy) is 1. The van der Waals surface area contributed by atoms with E-state index in [4.69, 9.17) is 4.74 Å². The van der Waals surface area contributed by atoms with E-state index in [1.165, 1.54) is 0 Å². The van der Waals surface area contributed by atoms with Crippen LogP contribution >= 0.6 is 0 Å². The summed E-state index contributed by atoms with van der Waals surface area (Å²) in [7, 11) is 3.94. The predicted molar refractivity (Wildman–Crippen MR) is 121 cm³/mol.